The highest BCUT2D eigenvalue weighted by Crippen LogP contribution is 2.35. The number of ether oxygens (including phenoxy) is 3. The van der Waals surface area contributed by atoms with Crippen LogP contribution in [0.5, 0.6) is 11.5 Å². The summed E-state index contributed by atoms with van der Waals surface area (Å²) in [7, 11) is 1.57. The third-order valence-corrected chi connectivity index (χ3v) is 6.33. The number of carbonyl (C=O) groups is 1. The SMILES string of the molecule is COc1cc2c(Nc3ccc(Cl)c(Cl)c3)ncnc2cc1OCC1CN(C(=O)C(C)(C)C)CCO1. The van der Waals surface area contributed by atoms with Crippen LogP contribution in [0.15, 0.2) is 36.7 Å². The number of anilines is 2. The Labute approximate surface area is 214 Å². The Bertz CT molecular complexity index is 1230. The van der Waals surface area contributed by atoms with Gasteiger partial charge in [-0.15, -0.1) is 0 Å². The second-order valence-electron chi connectivity index (χ2n) is 9.30. The zero-order chi connectivity index (χ0) is 25.2. The van der Waals surface area contributed by atoms with E-state index in [1.54, 1.807) is 25.3 Å². The van der Waals surface area contributed by atoms with Gasteiger partial charge in [-0.1, -0.05) is 44.0 Å². The topological polar surface area (TPSA) is 85.8 Å². The Morgan fingerprint density at radius 3 is 2.69 bits per heavy atom. The molecule has 2 heterocycles. The van der Waals surface area contributed by atoms with E-state index in [1.807, 2.05) is 37.8 Å². The summed E-state index contributed by atoms with van der Waals surface area (Å²) in [5, 5.41) is 4.91. The van der Waals surface area contributed by atoms with Crippen molar-refractivity contribution in [3.8, 4) is 11.5 Å². The van der Waals surface area contributed by atoms with Crippen molar-refractivity contribution in [2.24, 2.45) is 5.41 Å². The van der Waals surface area contributed by atoms with Crippen LogP contribution >= 0.6 is 23.2 Å². The Kier molecular flexibility index (Phi) is 7.54. The maximum Gasteiger partial charge on any atom is 0.228 e. The van der Waals surface area contributed by atoms with Gasteiger partial charge in [0.2, 0.25) is 5.91 Å². The maximum absolute atomic E-state index is 12.7. The Morgan fingerprint density at radius 2 is 1.97 bits per heavy atom. The van der Waals surface area contributed by atoms with Crippen molar-refractivity contribution < 1.29 is 19.0 Å². The molecule has 0 bridgehead atoms. The Balaban J connectivity index is 1.52. The highest BCUT2D eigenvalue weighted by molar-refractivity contribution is 6.42. The van der Waals surface area contributed by atoms with Crippen molar-refractivity contribution in [1.82, 2.24) is 14.9 Å². The van der Waals surface area contributed by atoms with E-state index in [0.29, 0.717) is 52.6 Å². The lowest BCUT2D eigenvalue weighted by atomic mass is 9.94. The van der Waals surface area contributed by atoms with E-state index in [9.17, 15) is 4.79 Å². The van der Waals surface area contributed by atoms with Crippen LogP contribution in [-0.4, -0.2) is 60.3 Å². The molecule has 8 nitrogen and oxygen atoms in total. The van der Waals surface area contributed by atoms with Crippen molar-refractivity contribution in [3.05, 3.63) is 46.7 Å². The predicted molar refractivity (Wildman–Crippen MR) is 137 cm³/mol. The summed E-state index contributed by atoms with van der Waals surface area (Å²) in [4.78, 5) is 23.3. The van der Waals surface area contributed by atoms with E-state index in [0.717, 1.165) is 11.1 Å². The third-order valence-electron chi connectivity index (χ3n) is 5.60. The molecule has 0 saturated carbocycles. The van der Waals surface area contributed by atoms with Crippen molar-refractivity contribution in [1.29, 1.82) is 0 Å². The van der Waals surface area contributed by atoms with Gasteiger partial charge in [0.15, 0.2) is 11.5 Å². The quantitative estimate of drug-likeness (QED) is 0.471. The predicted octanol–water partition coefficient (Wildman–Crippen LogP) is 5.34. The fourth-order valence-electron chi connectivity index (χ4n) is 3.81. The number of benzene rings is 2. The smallest absolute Gasteiger partial charge is 0.228 e. The summed E-state index contributed by atoms with van der Waals surface area (Å²) in [5.74, 6) is 1.75. The summed E-state index contributed by atoms with van der Waals surface area (Å²) in [6.07, 6.45) is 1.23. The first-order valence-electron chi connectivity index (χ1n) is 11.2. The molecule has 0 radical (unpaired) electrons. The van der Waals surface area contributed by atoms with E-state index in [4.69, 9.17) is 37.4 Å². The van der Waals surface area contributed by atoms with Crippen LogP contribution in [0.4, 0.5) is 11.5 Å². The van der Waals surface area contributed by atoms with Crippen LogP contribution in [-0.2, 0) is 9.53 Å². The van der Waals surface area contributed by atoms with E-state index in [2.05, 4.69) is 15.3 Å². The first-order chi connectivity index (χ1) is 16.7. The molecule has 0 spiro atoms. The summed E-state index contributed by atoms with van der Waals surface area (Å²) < 4.78 is 17.5. The van der Waals surface area contributed by atoms with Crippen molar-refractivity contribution in [3.63, 3.8) is 0 Å². The van der Waals surface area contributed by atoms with Crippen LogP contribution < -0.4 is 14.8 Å². The number of aromatic nitrogens is 2. The molecule has 1 unspecified atom stereocenters. The zero-order valence-electron chi connectivity index (χ0n) is 20.1. The minimum Gasteiger partial charge on any atom is -0.493 e. The number of methoxy groups -OCH3 is 1. The van der Waals surface area contributed by atoms with Crippen LogP contribution in [0, 0.1) is 5.41 Å². The number of hydrogen-bond acceptors (Lipinski definition) is 7. The largest absolute Gasteiger partial charge is 0.493 e. The minimum atomic E-state index is -0.437. The molecule has 35 heavy (non-hydrogen) atoms. The molecule has 1 aliphatic rings. The molecule has 10 heteroatoms. The summed E-state index contributed by atoms with van der Waals surface area (Å²) in [6.45, 7) is 7.56. The lowest BCUT2D eigenvalue weighted by Crippen LogP contribution is -2.50. The molecule has 1 fully saturated rings. The van der Waals surface area contributed by atoms with Gasteiger partial charge in [0, 0.05) is 29.1 Å². The fraction of sp³-hybridized carbons (Fsp3) is 0.400. The average molecular weight is 519 g/mol. The van der Waals surface area contributed by atoms with E-state index in [-0.39, 0.29) is 18.6 Å². The second-order valence-corrected chi connectivity index (χ2v) is 10.1. The summed E-state index contributed by atoms with van der Waals surface area (Å²) in [6, 6.07) is 8.88. The zero-order valence-corrected chi connectivity index (χ0v) is 21.6. The Morgan fingerprint density at radius 1 is 1.17 bits per heavy atom. The molecule has 1 saturated heterocycles. The molecule has 1 aliphatic heterocycles. The van der Waals surface area contributed by atoms with Crippen molar-refractivity contribution >= 4 is 51.5 Å². The summed E-state index contributed by atoms with van der Waals surface area (Å²) >= 11 is 12.2. The molecular formula is C25H28Cl2N4O4. The number of rotatable bonds is 6. The molecule has 1 atom stereocenters. The maximum atomic E-state index is 12.7. The third kappa shape index (κ3) is 5.89. The molecule has 1 amide bonds. The van der Waals surface area contributed by atoms with Gasteiger partial charge in [-0.05, 0) is 24.3 Å². The number of nitrogens with one attached hydrogen (secondary N) is 1. The molecule has 0 aliphatic carbocycles. The first-order valence-corrected chi connectivity index (χ1v) is 12.0. The van der Waals surface area contributed by atoms with Gasteiger partial charge in [0.05, 0.1) is 35.8 Å². The molecule has 1 aromatic heterocycles. The molecular weight excluding hydrogens is 491 g/mol. The number of amides is 1. The molecule has 4 rings (SSSR count). The van der Waals surface area contributed by atoms with Crippen molar-refractivity contribution in [2.75, 3.05) is 38.7 Å². The van der Waals surface area contributed by atoms with E-state index in [1.165, 1.54) is 6.33 Å². The van der Waals surface area contributed by atoms with Gasteiger partial charge in [0.25, 0.3) is 0 Å². The van der Waals surface area contributed by atoms with Crippen LogP contribution in [0.2, 0.25) is 10.0 Å². The van der Waals surface area contributed by atoms with Gasteiger partial charge in [-0.3, -0.25) is 4.79 Å². The Hall–Kier alpha value is -2.81. The van der Waals surface area contributed by atoms with Crippen molar-refractivity contribution in [2.45, 2.75) is 26.9 Å². The normalized spacial score (nSPS) is 16.3. The van der Waals surface area contributed by atoms with Gasteiger partial charge in [0.1, 0.15) is 24.9 Å². The molecule has 1 N–H and O–H groups in total. The lowest BCUT2D eigenvalue weighted by Gasteiger charge is -2.36. The van der Waals surface area contributed by atoms with Crippen LogP contribution in [0.3, 0.4) is 0 Å². The van der Waals surface area contributed by atoms with Gasteiger partial charge in [-0.2, -0.15) is 0 Å². The molecule has 186 valence electrons. The van der Waals surface area contributed by atoms with Gasteiger partial charge in [-0.25, -0.2) is 9.97 Å². The highest BCUT2D eigenvalue weighted by atomic mass is 35.5. The standard InChI is InChI=1S/C25H28Cl2N4O4/c1-25(2,3)24(32)31-7-8-34-16(12-31)13-35-22-11-20-17(10-21(22)33-4)23(29-14-28-20)30-15-5-6-18(26)19(27)9-15/h5-6,9-11,14,16H,7-8,12-13H2,1-4H3,(H,28,29,30). The van der Waals surface area contributed by atoms with Gasteiger partial charge < -0.3 is 24.4 Å². The number of carbonyl (C=O) groups excluding carboxylic acids is 1. The van der Waals surface area contributed by atoms with Crippen LogP contribution in [0.25, 0.3) is 10.9 Å². The van der Waals surface area contributed by atoms with Crippen LogP contribution in [0.1, 0.15) is 20.8 Å². The number of halogens is 2. The monoisotopic (exact) mass is 518 g/mol. The number of nitrogens with zero attached hydrogens (tertiary/aromatic N) is 3. The first kappa shape index (κ1) is 25.3. The minimum absolute atomic E-state index is 0.104. The number of morpholine rings is 1. The fourth-order valence-corrected chi connectivity index (χ4v) is 4.11. The number of hydrogen-bond donors (Lipinski definition) is 1. The highest BCUT2D eigenvalue weighted by Gasteiger charge is 2.31. The summed E-state index contributed by atoms with van der Waals surface area (Å²) in [5.41, 5.74) is 0.975. The second kappa shape index (κ2) is 10.4. The lowest BCUT2D eigenvalue weighted by molar-refractivity contribution is -0.148. The number of fused-ring (bicyclic) bond motifs is 1. The van der Waals surface area contributed by atoms with E-state index < -0.39 is 5.41 Å². The van der Waals surface area contributed by atoms with Gasteiger partial charge >= 0.3 is 0 Å². The molecule has 2 aromatic carbocycles. The van der Waals surface area contributed by atoms with E-state index >= 15 is 0 Å². The average Bonchev–Trinajstić information content (AvgIpc) is 2.83. The molecule has 3 aromatic rings.